The number of ether oxygens (including phenoxy) is 1. The molecule has 1 aliphatic rings. The SMILES string of the molecule is COC(=O)CCCCCCNC(=O)c1c(-n2cccc2)sc2c1CCSC2. The summed E-state index contributed by atoms with van der Waals surface area (Å²) >= 11 is 3.68. The van der Waals surface area contributed by atoms with Crippen LogP contribution in [0.15, 0.2) is 24.5 Å². The molecule has 0 aromatic carbocycles. The number of hydrogen-bond acceptors (Lipinski definition) is 5. The van der Waals surface area contributed by atoms with Gasteiger partial charge in [-0.25, -0.2) is 0 Å². The van der Waals surface area contributed by atoms with Crippen LogP contribution in [-0.4, -0.2) is 35.9 Å². The van der Waals surface area contributed by atoms with Gasteiger partial charge in [0.1, 0.15) is 5.00 Å². The van der Waals surface area contributed by atoms with Gasteiger partial charge in [-0.1, -0.05) is 12.8 Å². The lowest BCUT2D eigenvalue weighted by atomic mass is 10.1. The van der Waals surface area contributed by atoms with Crippen LogP contribution in [-0.2, 0) is 21.7 Å². The number of methoxy groups -OCH3 is 1. The van der Waals surface area contributed by atoms with Gasteiger partial charge in [0.15, 0.2) is 0 Å². The molecule has 0 saturated carbocycles. The van der Waals surface area contributed by atoms with E-state index < -0.39 is 0 Å². The van der Waals surface area contributed by atoms with Gasteiger partial charge in [-0.05, 0) is 42.7 Å². The van der Waals surface area contributed by atoms with E-state index in [1.807, 2.05) is 36.3 Å². The van der Waals surface area contributed by atoms with Crippen molar-refractivity contribution in [3.8, 4) is 5.00 Å². The van der Waals surface area contributed by atoms with Crippen LogP contribution < -0.4 is 5.32 Å². The van der Waals surface area contributed by atoms with Gasteiger partial charge in [0.25, 0.3) is 5.91 Å². The highest BCUT2D eigenvalue weighted by molar-refractivity contribution is 7.98. The standard InChI is InChI=1S/C20H26N2O3S2/c1-25-17(23)8-4-2-3-5-10-21-19(24)18-15-9-13-26-14-16(15)27-20(18)22-11-6-7-12-22/h6-7,11-12H,2-5,8-10,13-14H2,1H3,(H,21,24). The number of thiophene rings is 1. The zero-order valence-electron chi connectivity index (χ0n) is 15.7. The summed E-state index contributed by atoms with van der Waals surface area (Å²) in [4.78, 5) is 25.3. The Hall–Kier alpha value is -1.73. The summed E-state index contributed by atoms with van der Waals surface area (Å²) in [7, 11) is 1.42. The van der Waals surface area contributed by atoms with Crippen molar-refractivity contribution in [2.45, 2.75) is 44.3 Å². The Labute approximate surface area is 168 Å². The quantitative estimate of drug-likeness (QED) is 0.501. The van der Waals surface area contributed by atoms with Crippen LogP contribution in [0.5, 0.6) is 0 Å². The van der Waals surface area contributed by atoms with Crippen molar-refractivity contribution in [2.75, 3.05) is 19.4 Å². The number of hydrogen-bond donors (Lipinski definition) is 1. The Kier molecular flexibility index (Phi) is 7.41. The van der Waals surface area contributed by atoms with E-state index in [0.29, 0.717) is 13.0 Å². The molecular formula is C20H26N2O3S2. The van der Waals surface area contributed by atoms with Gasteiger partial charge < -0.3 is 14.6 Å². The van der Waals surface area contributed by atoms with E-state index in [-0.39, 0.29) is 11.9 Å². The molecule has 27 heavy (non-hydrogen) atoms. The maximum absolute atomic E-state index is 12.9. The van der Waals surface area contributed by atoms with E-state index in [1.54, 1.807) is 11.3 Å². The molecule has 0 bridgehead atoms. The largest absolute Gasteiger partial charge is 0.469 e. The minimum atomic E-state index is -0.152. The molecule has 1 N–H and O–H groups in total. The molecule has 0 aliphatic carbocycles. The second kappa shape index (κ2) is 9.99. The second-order valence-electron chi connectivity index (χ2n) is 6.57. The Morgan fingerprint density at radius 3 is 2.74 bits per heavy atom. The van der Waals surface area contributed by atoms with E-state index in [4.69, 9.17) is 0 Å². The van der Waals surface area contributed by atoms with Crippen molar-refractivity contribution in [3.63, 3.8) is 0 Å². The zero-order chi connectivity index (χ0) is 19.1. The number of rotatable bonds is 9. The summed E-state index contributed by atoms with van der Waals surface area (Å²) in [5, 5.41) is 4.13. The Morgan fingerprint density at radius 1 is 1.19 bits per heavy atom. The van der Waals surface area contributed by atoms with E-state index in [0.717, 1.165) is 54.2 Å². The summed E-state index contributed by atoms with van der Waals surface area (Å²) in [5.74, 6) is 1.97. The highest BCUT2D eigenvalue weighted by Crippen LogP contribution is 2.38. The molecule has 0 saturated heterocycles. The summed E-state index contributed by atoms with van der Waals surface area (Å²) in [6, 6.07) is 3.98. The summed E-state index contributed by atoms with van der Waals surface area (Å²) in [6.45, 7) is 0.668. The number of nitrogens with zero attached hydrogens (tertiary/aromatic N) is 1. The lowest BCUT2D eigenvalue weighted by Gasteiger charge is -2.13. The molecule has 5 nitrogen and oxygen atoms in total. The number of nitrogens with one attached hydrogen (secondary N) is 1. The van der Waals surface area contributed by atoms with Gasteiger partial charge in [0.05, 0.1) is 12.7 Å². The first-order valence-corrected chi connectivity index (χ1v) is 11.4. The number of esters is 1. The van der Waals surface area contributed by atoms with E-state index in [9.17, 15) is 9.59 Å². The number of unbranched alkanes of at least 4 members (excludes halogenated alkanes) is 3. The van der Waals surface area contributed by atoms with Crippen molar-refractivity contribution < 1.29 is 14.3 Å². The normalized spacial score (nSPS) is 13.2. The lowest BCUT2D eigenvalue weighted by Crippen LogP contribution is -2.26. The van der Waals surface area contributed by atoms with Crippen LogP contribution in [0.3, 0.4) is 0 Å². The molecule has 3 rings (SSSR count). The molecule has 2 aromatic heterocycles. The second-order valence-corrected chi connectivity index (χ2v) is 8.76. The Balaban J connectivity index is 1.55. The fourth-order valence-electron chi connectivity index (χ4n) is 3.24. The van der Waals surface area contributed by atoms with Crippen LogP contribution in [0.2, 0.25) is 0 Å². The lowest BCUT2D eigenvalue weighted by molar-refractivity contribution is -0.140. The number of aromatic nitrogens is 1. The summed E-state index contributed by atoms with van der Waals surface area (Å²) in [6.07, 6.45) is 9.19. The van der Waals surface area contributed by atoms with Crippen LogP contribution in [0.4, 0.5) is 0 Å². The Morgan fingerprint density at radius 2 is 1.96 bits per heavy atom. The smallest absolute Gasteiger partial charge is 0.305 e. The molecule has 3 heterocycles. The first-order valence-electron chi connectivity index (χ1n) is 9.41. The molecule has 0 fully saturated rings. The van der Waals surface area contributed by atoms with Crippen molar-refractivity contribution >= 4 is 35.0 Å². The molecule has 1 amide bonds. The van der Waals surface area contributed by atoms with E-state index in [2.05, 4.69) is 14.6 Å². The molecule has 0 spiro atoms. The van der Waals surface area contributed by atoms with Gasteiger partial charge in [-0.2, -0.15) is 11.8 Å². The van der Waals surface area contributed by atoms with Gasteiger partial charge in [0, 0.05) is 36.0 Å². The fraction of sp³-hybridized carbons (Fsp3) is 0.500. The van der Waals surface area contributed by atoms with Gasteiger partial charge in [-0.3, -0.25) is 9.59 Å². The third-order valence-electron chi connectivity index (χ3n) is 4.69. The fourth-order valence-corrected chi connectivity index (χ4v) is 5.69. The van der Waals surface area contributed by atoms with Gasteiger partial charge in [-0.15, -0.1) is 11.3 Å². The average Bonchev–Trinajstić information content (AvgIpc) is 3.34. The monoisotopic (exact) mass is 406 g/mol. The van der Waals surface area contributed by atoms with Crippen LogP contribution in [0.1, 0.15) is 52.9 Å². The van der Waals surface area contributed by atoms with Crippen LogP contribution in [0.25, 0.3) is 5.00 Å². The van der Waals surface area contributed by atoms with Crippen LogP contribution in [0, 0.1) is 0 Å². The number of amides is 1. The molecular weight excluding hydrogens is 380 g/mol. The molecule has 7 heteroatoms. The highest BCUT2D eigenvalue weighted by atomic mass is 32.2. The predicted molar refractivity (Wildman–Crippen MR) is 111 cm³/mol. The zero-order valence-corrected chi connectivity index (χ0v) is 17.3. The highest BCUT2D eigenvalue weighted by Gasteiger charge is 2.26. The molecule has 0 atom stereocenters. The van der Waals surface area contributed by atoms with Gasteiger partial charge in [0.2, 0.25) is 0 Å². The van der Waals surface area contributed by atoms with Crippen LogP contribution >= 0.6 is 23.1 Å². The number of thioether (sulfide) groups is 1. The number of fused-ring (bicyclic) bond motifs is 1. The summed E-state index contributed by atoms with van der Waals surface area (Å²) < 4.78 is 6.69. The van der Waals surface area contributed by atoms with Crippen molar-refractivity contribution in [1.29, 1.82) is 0 Å². The summed E-state index contributed by atoms with van der Waals surface area (Å²) in [5.41, 5.74) is 2.09. The van der Waals surface area contributed by atoms with E-state index in [1.165, 1.54) is 17.6 Å². The van der Waals surface area contributed by atoms with Crippen molar-refractivity contribution in [3.05, 3.63) is 40.5 Å². The van der Waals surface area contributed by atoms with Gasteiger partial charge >= 0.3 is 5.97 Å². The average molecular weight is 407 g/mol. The Bertz CT molecular complexity index is 769. The molecule has 0 radical (unpaired) electrons. The first kappa shape index (κ1) is 20.0. The van der Waals surface area contributed by atoms with Crippen molar-refractivity contribution in [1.82, 2.24) is 9.88 Å². The minimum absolute atomic E-state index is 0.0395. The molecule has 146 valence electrons. The van der Waals surface area contributed by atoms with Crippen molar-refractivity contribution in [2.24, 2.45) is 0 Å². The van der Waals surface area contributed by atoms with E-state index >= 15 is 0 Å². The molecule has 2 aromatic rings. The number of carbonyl (C=O) groups is 2. The maximum Gasteiger partial charge on any atom is 0.305 e. The third kappa shape index (κ3) is 5.17. The molecule has 1 aliphatic heterocycles. The maximum atomic E-state index is 12.9. The minimum Gasteiger partial charge on any atom is -0.469 e. The predicted octanol–water partition coefficient (Wildman–Crippen LogP) is 4.18. The number of carbonyl (C=O) groups excluding carboxylic acids is 2. The topological polar surface area (TPSA) is 60.3 Å². The first-order chi connectivity index (χ1) is 13.2. The third-order valence-corrected chi connectivity index (χ3v) is 7.10. The molecule has 0 unspecified atom stereocenters.